The number of halogens is 2. The van der Waals surface area contributed by atoms with Gasteiger partial charge in [0.15, 0.2) is 11.6 Å². The van der Waals surface area contributed by atoms with Crippen molar-refractivity contribution >= 4 is 0 Å². The molecule has 0 unspecified atom stereocenters. The first-order valence-electron chi connectivity index (χ1n) is 4.03. The van der Waals surface area contributed by atoms with E-state index in [0.29, 0.717) is 0 Å². The molecule has 1 rings (SSSR count). The zero-order valence-corrected chi connectivity index (χ0v) is 7.91. The number of aryl methyl sites for hydroxylation is 2. The number of hydrogen-bond acceptors (Lipinski definition) is 0. The average Bonchev–Trinajstić information content (AvgIpc) is 2.05. The summed E-state index contributed by atoms with van der Waals surface area (Å²) in [5, 5.41) is 0. The second kappa shape index (κ2) is 4.86. The Morgan fingerprint density at radius 1 is 0.833 bits per heavy atom. The van der Waals surface area contributed by atoms with E-state index in [9.17, 15) is 8.78 Å². The van der Waals surface area contributed by atoms with Gasteiger partial charge in [0, 0.05) is 0 Å². The second-order valence-corrected chi connectivity index (χ2v) is 2.35. The van der Waals surface area contributed by atoms with Crippen LogP contribution in [0, 0.1) is 25.5 Å². The first kappa shape index (κ1) is 11.1. The standard InChI is InChI=1S/C8H8F2.C2H6/c1-5-3-7(9)8(10)4-6(5)2;1-2/h3-4H,1-2H3;1-2H3. The molecule has 0 N–H and O–H groups in total. The van der Waals surface area contributed by atoms with Gasteiger partial charge < -0.3 is 0 Å². The van der Waals surface area contributed by atoms with Crippen LogP contribution in [0.1, 0.15) is 25.0 Å². The van der Waals surface area contributed by atoms with Crippen molar-refractivity contribution in [2.45, 2.75) is 27.7 Å². The molecular weight excluding hydrogens is 158 g/mol. The molecule has 1 aromatic rings. The Morgan fingerprint density at radius 3 is 1.33 bits per heavy atom. The lowest BCUT2D eigenvalue weighted by Gasteiger charge is -1.98. The van der Waals surface area contributed by atoms with Crippen LogP contribution in [-0.2, 0) is 0 Å². The molecule has 2 heteroatoms. The summed E-state index contributed by atoms with van der Waals surface area (Å²) >= 11 is 0. The predicted molar refractivity (Wildman–Crippen MR) is 47.2 cm³/mol. The maximum absolute atomic E-state index is 12.4. The van der Waals surface area contributed by atoms with E-state index in [1.165, 1.54) is 12.1 Å². The van der Waals surface area contributed by atoms with Gasteiger partial charge in [0.1, 0.15) is 0 Å². The summed E-state index contributed by atoms with van der Waals surface area (Å²) in [5.41, 5.74) is 1.55. The molecule has 0 aliphatic carbocycles. The highest BCUT2D eigenvalue weighted by molar-refractivity contribution is 5.25. The summed E-state index contributed by atoms with van der Waals surface area (Å²) < 4.78 is 24.8. The Bertz CT molecular complexity index is 204. The Morgan fingerprint density at radius 2 is 1.08 bits per heavy atom. The van der Waals surface area contributed by atoms with Crippen molar-refractivity contribution in [3.8, 4) is 0 Å². The Labute approximate surface area is 72.2 Å². The maximum atomic E-state index is 12.4. The van der Waals surface area contributed by atoms with E-state index in [1.54, 1.807) is 13.8 Å². The van der Waals surface area contributed by atoms with Crippen molar-refractivity contribution in [3.05, 3.63) is 34.9 Å². The van der Waals surface area contributed by atoms with Gasteiger partial charge in [-0.25, -0.2) is 8.78 Å². The zero-order valence-electron chi connectivity index (χ0n) is 7.91. The molecule has 0 aliphatic rings. The van der Waals surface area contributed by atoms with Crippen LogP contribution in [0.25, 0.3) is 0 Å². The predicted octanol–water partition coefficient (Wildman–Crippen LogP) is 3.61. The SMILES string of the molecule is CC.Cc1cc(F)c(F)cc1C. The van der Waals surface area contributed by atoms with Crippen molar-refractivity contribution in [1.29, 1.82) is 0 Å². The molecule has 1 aromatic carbocycles. The van der Waals surface area contributed by atoms with E-state index in [2.05, 4.69) is 0 Å². The van der Waals surface area contributed by atoms with Gasteiger partial charge in [0.05, 0.1) is 0 Å². The molecule has 0 nitrogen and oxygen atoms in total. The molecule has 0 aromatic heterocycles. The molecule has 0 heterocycles. The highest BCUT2D eigenvalue weighted by Gasteiger charge is 2.02. The molecular formula is C10H14F2. The third kappa shape index (κ3) is 2.61. The molecule has 0 atom stereocenters. The van der Waals surface area contributed by atoms with Crippen LogP contribution < -0.4 is 0 Å². The minimum atomic E-state index is -0.775. The topological polar surface area (TPSA) is 0 Å². The quantitative estimate of drug-likeness (QED) is 0.560. The van der Waals surface area contributed by atoms with Crippen LogP contribution in [0.2, 0.25) is 0 Å². The summed E-state index contributed by atoms with van der Waals surface area (Å²) in [6.07, 6.45) is 0. The number of rotatable bonds is 0. The van der Waals surface area contributed by atoms with Gasteiger partial charge in [-0.2, -0.15) is 0 Å². The normalized spacial score (nSPS) is 8.83. The van der Waals surface area contributed by atoms with Gasteiger partial charge in [-0.05, 0) is 37.1 Å². The van der Waals surface area contributed by atoms with E-state index in [1.807, 2.05) is 13.8 Å². The average molecular weight is 172 g/mol. The largest absolute Gasteiger partial charge is 0.204 e. The van der Waals surface area contributed by atoms with Gasteiger partial charge in [0.2, 0.25) is 0 Å². The zero-order chi connectivity index (χ0) is 9.72. The number of benzene rings is 1. The van der Waals surface area contributed by atoms with Crippen molar-refractivity contribution in [2.24, 2.45) is 0 Å². The lowest BCUT2D eigenvalue weighted by atomic mass is 10.1. The van der Waals surface area contributed by atoms with Gasteiger partial charge in [-0.1, -0.05) is 13.8 Å². The molecule has 0 saturated carbocycles. The summed E-state index contributed by atoms with van der Waals surface area (Å²) in [4.78, 5) is 0. The van der Waals surface area contributed by atoms with Gasteiger partial charge in [-0.15, -0.1) is 0 Å². The molecule has 0 saturated heterocycles. The fourth-order valence-electron chi connectivity index (χ4n) is 0.746. The molecule has 12 heavy (non-hydrogen) atoms. The molecule has 0 aliphatic heterocycles. The third-order valence-electron chi connectivity index (χ3n) is 1.54. The van der Waals surface area contributed by atoms with Crippen LogP contribution in [0.3, 0.4) is 0 Å². The van der Waals surface area contributed by atoms with Crippen molar-refractivity contribution < 1.29 is 8.78 Å². The van der Waals surface area contributed by atoms with Crippen LogP contribution in [0.4, 0.5) is 8.78 Å². The van der Waals surface area contributed by atoms with E-state index in [0.717, 1.165) is 11.1 Å². The molecule has 0 amide bonds. The van der Waals surface area contributed by atoms with E-state index in [4.69, 9.17) is 0 Å². The smallest absolute Gasteiger partial charge is 0.159 e. The van der Waals surface area contributed by atoms with Crippen LogP contribution in [0.15, 0.2) is 12.1 Å². The minimum Gasteiger partial charge on any atom is -0.204 e. The highest BCUT2D eigenvalue weighted by atomic mass is 19.2. The molecule has 0 bridgehead atoms. The van der Waals surface area contributed by atoms with Crippen molar-refractivity contribution in [1.82, 2.24) is 0 Å². The summed E-state index contributed by atoms with van der Waals surface area (Å²) in [5.74, 6) is -1.55. The fourth-order valence-corrected chi connectivity index (χ4v) is 0.746. The van der Waals surface area contributed by atoms with E-state index in [-0.39, 0.29) is 0 Å². The van der Waals surface area contributed by atoms with Crippen LogP contribution >= 0.6 is 0 Å². The van der Waals surface area contributed by atoms with Crippen molar-refractivity contribution in [3.63, 3.8) is 0 Å². The van der Waals surface area contributed by atoms with Crippen LogP contribution in [0.5, 0.6) is 0 Å². The lowest BCUT2D eigenvalue weighted by Crippen LogP contribution is -1.88. The summed E-state index contributed by atoms with van der Waals surface area (Å²) in [7, 11) is 0. The van der Waals surface area contributed by atoms with Crippen molar-refractivity contribution in [2.75, 3.05) is 0 Å². The second-order valence-electron chi connectivity index (χ2n) is 2.35. The number of hydrogen-bond donors (Lipinski definition) is 0. The van der Waals surface area contributed by atoms with Gasteiger partial charge in [0.25, 0.3) is 0 Å². The monoisotopic (exact) mass is 172 g/mol. The van der Waals surface area contributed by atoms with E-state index >= 15 is 0 Å². The Balaban J connectivity index is 0.000000561. The summed E-state index contributed by atoms with van der Waals surface area (Å²) in [6, 6.07) is 2.40. The Hall–Kier alpha value is -0.920. The maximum Gasteiger partial charge on any atom is 0.159 e. The fraction of sp³-hybridized carbons (Fsp3) is 0.400. The Kier molecular flexibility index (Phi) is 4.49. The molecule has 0 radical (unpaired) electrons. The first-order chi connectivity index (χ1) is 5.61. The van der Waals surface area contributed by atoms with Gasteiger partial charge in [-0.3, -0.25) is 0 Å². The van der Waals surface area contributed by atoms with Crippen LogP contribution in [-0.4, -0.2) is 0 Å². The molecule has 68 valence electrons. The lowest BCUT2D eigenvalue weighted by molar-refractivity contribution is 0.507. The minimum absolute atomic E-state index is 0.775. The molecule has 0 fully saturated rings. The highest BCUT2D eigenvalue weighted by Crippen LogP contribution is 2.12. The summed E-state index contributed by atoms with van der Waals surface area (Å²) in [6.45, 7) is 7.50. The first-order valence-corrected chi connectivity index (χ1v) is 4.03. The van der Waals surface area contributed by atoms with Gasteiger partial charge >= 0.3 is 0 Å². The van der Waals surface area contributed by atoms with E-state index < -0.39 is 11.6 Å². The third-order valence-corrected chi connectivity index (χ3v) is 1.54. The molecule has 0 spiro atoms.